The molecule has 0 saturated heterocycles. The number of hydrogen-bond donors (Lipinski definition) is 2. The minimum atomic E-state index is -0.380. The molecule has 0 amide bonds. The van der Waals surface area contributed by atoms with Gasteiger partial charge >= 0.3 is 0 Å². The van der Waals surface area contributed by atoms with Crippen LogP contribution in [0, 0.1) is 0 Å². The second kappa shape index (κ2) is 7.14. The van der Waals surface area contributed by atoms with E-state index in [1.165, 1.54) is 0 Å². The zero-order valence-corrected chi connectivity index (χ0v) is 10.5. The van der Waals surface area contributed by atoms with Crippen LogP contribution < -0.4 is 15.2 Å². The van der Waals surface area contributed by atoms with Crippen LogP contribution in [0.3, 0.4) is 0 Å². The van der Waals surface area contributed by atoms with E-state index in [4.69, 9.17) is 20.3 Å². The summed E-state index contributed by atoms with van der Waals surface area (Å²) in [4.78, 5) is 0. The quantitative estimate of drug-likeness (QED) is 0.762. The maximum Gasteiger partial charge on any atom is 0.161 e. The van der Waals surface area contributed by atoms with E-state index in [0.29, 0.717) is 19.0 Å². The summed E-state index contributed by atoms with van der Waals surface area (Å²) in [6, 6.07) is 5.14. The van der Waals surface area contributed by atoms with Gasteiger partial charge in [0.15, 0.2) is 11.5 Å². The predicted molar refractivity (Wildman–Crippen MR) is 67.4 cm³/mol. The third-order valence-corrected chi connectivity index (χ3v) is 2.35. The third kappa shape index (κ3) is 3.91. The van der Waals surface area contributed by atoms with Crippen molar-refractivity contribution in [1.82, 2.24) is 0 Å². The van der Waals surface area contributed by atoms with Crippen molar-refractivity contribution in [2.75, 3.05) is 19.8 Å². The lowest BCUT2D eigenvalue weighted by molar-refractivity contribution is 0.264. The predicted octanol–water partition coefficient (Wildman–Crippen LogP) is 1.87. The highest BCUT2D eigenvalue weighted by Crippen LogP contribution is 2.30. The fraction of sp³-hybridized carbons (Fsp3) is 0.538. The average Bonchev–Trinajstić information content (AvgIpc) is 2.36. The van der Waals surface area contributed by atoms with Crippen molar-refractivity contribution in [3.05, 3.63) is 23.8 Å². The van der Waals surface area contributed by atoms with E-state index < -0.39 is 0 Å². The largest absolute Gasteiger partial charge is 0.490 e. The molecule has 4 nitrogen and oxygen atoms in total. The Hall–Kier alpha value is -1.26. The van der Waals surface area contributed by atoms with Crippen molar-refractivity contribution in [3.63, 3.8) is 0 Å². The van der Waals surface area contributed by atoms with Gasteiger partial charge in [0.05, 0.1) is 25.9 Å². The molecule has 1 atom stereocenters. The molecule has 0 aromatic heterocycles. The molecule has 0 radical (unpaired) electrons. The number of hydrogen-bond acceptors (Lipinski definition) is 4. The molecule has 3 N–H and O–H groups in total. The van der Waals surface area contributed by atoms with Crippen molar-refractivity contribution in [2.45, 2.75) is 26.3 Å². The van der Waals surface area contributed by atoms with Crippen LogP contribution in [0.4, 0.5) is 0 Å². The Labute approximate surface area is 102 Å². The first-order valence-electron chi connectivity index (χ1n) is 5.98. The summed E-state index contributed by atoms with van der Waals surface area (Å²) in [5.74, 6) is 1.41. The van der Waals surface area contributed by atoms with Gasteiger partial charge in [-0.15, -0.1) is 0 Å². The van der Waals surface area contributed by atoms with Crippen molar-refractivity contribution in [2.24, 2.45) is 5.73 Å². The fourth-order valence-corrected chi connectivity index (χ4v) is 1.46. The zero-order valence-electron chi connectivity index (χ0n) is 10.5. The lowest BCUT2D eigenvalue weighted by atomic mass is 10.1. The Morgan fingerprint density at radius 2 is 2.00 bits per heavy atom. The second-order valence-corrected chi connectivity index (χ2v) is 3.78. The van der Waals surface area contributed by atoms with Crippen molar-refractivity contribution in [1.29, 1.82) is 0 Å². The van der Waals surface area contributed by atoms with Gasteiger partial charge in [-0.2, -0.15) is 0 Å². The summed E-state index contributed by atoms with van der Waals surface area (Å²) in [6.45, 7) is 5.12. The summed E-state index contributed by atoms with van der Waals surface area (Å²) in [7, 11) is 0. The average molecular weight is 239 g/mol. The standard InChI is InChI=1S/C13H21NO3/c1-3-7-17-12-6-5-10(11(14)9-15)8-13(12)16-4-2/h5-6,8,11,15H,3-4,7,9,14H2,1-2H3/t11-/m0/s1. The molecule has 0 spiro atoms. The minimum absolute atomic E-state index is 0.0826. The third-order valence-electron chi connectivity index (χ3n) is 2.35. The van der Waals surface area contributed by atoms with E-state index in [-0.39, 0.29) is 12.6 Å². The molecule has 0 heterocycles. The maximum atomic E-state index is 9.02. The number of aliphatic hydroxyl groups excluding tert-OH is 1. The molecule has 96 valence electrons. The number of ether oxygens (including phenoxy) is 2. The van der Waals surface area contributed by atoms with E-state index >= 15 is 0 Å². The van der Waals surface area contributed by atoms with Crippen LogP contribution in [-0.4, -0.2) is 24.9 Å². The molecule has 0 saturated carbocycles. The van der Waals surface area contributed by atoms with Gasteiger partial charge in [0, 0.05) is 0 Å². The Balaban J connectivity index is 2.90. The van der Waals surface area contributed by atoms with Gasteiger partial charge in [-0.25, -0.2) is 0 Å². The summed E-state index contributed by atoms with van der Waals surface area (Å²) >= 11 is 0. The van der Waals surface area contributed by atoms with Crippen LogP contribution in [-0.2, 0) is 0 Å². The topological polar surface area (TPSA) is 64.7 Å². The number of aliphatic hydroxyl groups is 1. The summed E-state index contributed by atoms with van der Waals surface area (Å²) < 4.78 is 11.1. The van der Waals surface area contributed by atoms with Gasteiger partial charge in [-0.05, 0) is 31.0 Å². The van der Waals surface area contributed by atoms with Crippen molar-refractivity contribution in [3.8, 4) is 11.5 Å². The van der Waals surface area contributed by atoms with Crippen LogP contribution in [0.25, 0.3) is 0 Å². The van der Waals surface area contributed by atoms with E-state index in [1.807, 2.05) is 25.1 Å². The fourth-order valence-electron chi connectivity index (χ4n) is 1.46. The zero-order chi connectivity index (χ0) is 12.7. The summed E-state index contributed by atoms with van der Waals surface area (Å²) in [5, 5.41) is 9.02. The Morgan fingerprint density at radius 3 is 2.59 bits per heavy atom. The van der Waals surface area contributed by atoms with Crippen molar-refractivity contribution < 1.29 is 14.6 Å². The van der Waals surface area contributed by atoms with Gasteiger partial charge in [0.25, 0.3) is 0 Å². The Kier molecular flexibility index (Phi) is 5.80. The van der Waals surface area contributed by atoms with Crippen LogP contribution >= 0.6 is 0 Å². The lowest BCUT2D eigenvalue weighted by Gasteiger charge is -2.15. The van der Waals surface area contributed by atoms with Crippen LogP contribution in [0.15, 0.2) is 18.2 Å². The molecule has 0 fully saturated rings. The molecule has 0 aliphatic rings. The highest BCUT2D eigenvalue weighted by atomic mass is 16.5. The lowest BCUT2D eigenvalue weighted by Crippen LogP contribution is -2.14. The highest BCUT2D eigenvalue weighted by molar-refractivity contribution is 5.43. The van der Waals surface area contributed by atoms with Crippen molar-refractivity contribution >= 4 is 0 Å². The molecule has 1 aromatic rings. The minimum Gasteiger partial charge on any atom is -0.490 e. The molecule has 1 aromatic carbocycles. The molecule has 1 rings (SSSR count). The molecule has 0 unspecified atom stereocenters. The summed E-state index contributed by atoms with van der Waals surface area (Å²) in [6.07, 6.45) is 0.948. The smallest absolute Gasteiger partial charge is 0.161 e. The molecule has 0 bridgehead atoms. The van der Waals surface area contributed by atoms with Gasteiger partial charge < -0.3 is 20.3 Å². The first kappa shape index (κ1) is 13.8. The molecular formula is C13H21NO3. The van der Waals surface area contributed by atoms with E-state index in [2.05, 4.69) is 6.92 Å². The van der Waals surface area contributed by atoms with Gasteiger partial charge in [-0.1, -0.05) is 13.0 Å². The van der Waals surface area contributed by atoms with E-state index in [1.54, 1.807) is 0 Å². The molecule has 0 aliphatic carbocycles. The molecule has 17 heavy (non-hydrogen) atoms. The van der Waals surface area contributed by atoms with Crippen LogP contribution in [0.5, 0.6) is 11.5 Å². The van der Waals surface area contributed by atoms with Crippen LogP contribution in [0.1, 0.15) is 31.9 Å². The Morgan fingerprint density at radius 1 is 1.24 bits per heavy atom. The number of nitrogens with two attached hydrogens (primary N) is 1. The van der Waals surface area contributed by atoms with Gasteiger partial charge in [-0.3, -0.25) is 0 Å². The second-order valence-electron chi connectivity index (χ2n) is 3.78. The SMILES string of the molecule is CCCOc1ccc([C@@H](N)CO)cc1OCC. The first-order valence-corrected chi connectivity index (χ1v) is 5.98. The van der Waals surface area contributed by atoms with Crippen LogP contribution in [0.2, 0.25) is 0 Å². The van der Waals surface area contributed by atoms with Gasteiger partial charge in [0.2, 0.25) is 0 Å². The Bertz CT molecular complexity index is 341. The first-order chi connectivity index (χ1) is 8.22. The monoisotopic (exact) mass is 239 g/mol. The molecule has 4 heteroatoms. The maximum absolute atomic E-state index is 9.02. The number of benzene rings is 1. The van der Waals surface area contributed by atoms with E-state index in [9.17, 15) is 0 Å². The summed E-state index contributed by atoms with van der Waals surface area (Å²) in [5.41, 5.74) is 6.61. The van der Waals surface area contributed by atoms with E-state index in [0.717, 1.165) is 17.7 Å². The molecule has 0 aliphatic heterocycles. The normalized spacial score (nSPS) is 12.2. The van der Waals surface area contributed by atoms with Gasteiger partial charge in [0.1, 0.15) is 0 Å². The highest BCUT2D eigenvalue weighted by Gasteiger charge is 2.10. The number of rotatable bonds is 7. The molecular weight excluding hydrogens is 218 g/mol.